The molecular formula is C15H14BrNO3. The number of benzene rings is 2. The number of nitrogens with zero attached hydrogens (tertiary/aromatic N) is 1. The predicted molar refractivity (Wildman–Crippen MR) is 81.3 cm³/mol. The summed E-state index contributed by atoms with van der Waals surface area (Å²) in [6.07, 6.45) is 0. The van der Waals surface area contributed by atoms with Gasteiger partial charge in [0.2, 0.25) is 0 Å². The van der Waals surface area contributed by atoms with E-state index in [-0.39, 0.29) is 11.3 Å². The molecule has 0 saturated heterocycles. The third-order valence-electron chi connectivity index (χ3n) is 3.00. The SMILES string of the molecule is CN(Cc1ccc(C(=O)O)cc1Br)c1ccc(O)cc1. The van der Waals surface area contributed by atoms with Crippen molar-refractivity contribution in [3.8, 4) is 5.75 Å². The summed E-state index contributed by atoms with van der Waals surface area (Å²) in [6, 6.07) is 11.9. The number of anilines is 1. The van der Waals surface area contributed by atoms with Gasteiger partial charge in [0, 0.05) is 23.8 Å². The van der Waals surface area contributed by atoms with Gasteiger partial charge < -0.3 is 15.1 Å². The third kappa shape index (κ3) is 3.30. The minimum Gasteiger partial charge on any atom is -0.508 e. The summed E-state index contributed by atoms with van der Waals surface area (Å²) in [5.74, 6) is -0.710. The van der Waals surface area contributed by atoms with Crippen LogP contribution in [0.2, 0.25) is 0 Å². The number of hydrogen-bond donors (Lipinski definition) is 2. The lowest BCUT2D eigenvalue weighted by Gasteiger charge is -2.20. The first kappa shape index (κ1) is 14.4. The molecule has 0 bridgehead atoms. The lowest BCUT2D eigenvalue weighted by Crippen LogP contribution is -2.16. The van der Waals surface area contributed by atoms with Crippen molar-refractivity contribution in [1.29, 1.82) is 0 Å². The Morgan fingerprint density at radius 2 is 1.85 bits per heavy atom. The van der Waals surface area contributed by atoms with Crippen LogP contribution in [-0.2, 0) is 6.54 Å². The fourth-order valence-electron chi connectivity index (χ4n) is 1.86. The number of aromatic hydroxyl groups is 1. The number of phenols is 1. The molecule has 2 rings (SSSR count). The van der Waals surface area contributed by atoms with Gasteiger partial charge in [-0.2, -0.15) is 0 Å². The van der Waals surface area contributed by atoms with Crippen LogP contribution in [0.5, 0.6) is 5.75 Å². The fraction of sp³-hybridized carbons (Fsp3) is 0.133. The van der Waals surface area contributed by atoms with Crippen molar-refractivity contribution in [3.63, 3.8) is 0 Å². The van der Waals surface area contributed by atoms with Gasteiger partial charge in [-0.15, -0.1) is 0 Å². The Kier molecular flexibility index (Phi) is 4.29. The second-order valence-electron chi connectivity index (χ2n) is 4.48. The highest BCUT2D eigenvalue weighted by Crippen LogP contribution is 2.23. The summed E-state index contributed by atoms with van der Waals surface area (Å²) in [6.45, 7) is 0.630. The number of aromatic carboxylic acids is 1. The van der Waals surface area contributed by atoms with Gasteiger partial charge in [-0.1, -0.05) is 22.0 Å². The van der Waals surface area contributed by atoms with Gasteiger partial charge in [-0.25, -0.2) is 4.79 Å². The van der Waals surface area contributed by atoms with E-state index in [1.165, 1.54) is 0 Å². The van der Waals surface area contributed by atoms with E-state index in [0.717, 1.165) is 15.7 Å². The molecular weight excluding hydrogens is 322 g/mol. The van der Waals surface area contributed by atoms with Crippen LogP contribution >= 0.6 is 15.9 Å². The highest BCUT2D eigenvalue weighted by Gasteiger charge is 2.09. The van der Waals surface area contributed by atoms with Crippen LogP contribution in [0.4, 0.5) is 5.69 Å². The maximum absolute atomic E-state index is 10.9. The Morgan fingerprint density at radius 1 is 1.20 bits per heavy atom. The van der Waals surface area contributed by atoms with E-state index in [0.29, 0.717) is 6.54 Å². The lowest BCUT2D eigenvalue weighted by molar-refractivity contribution is 0.0697. The van der Waals surface area contributed by atoms with Crippen molar-refractivity contribution in [2.24, 2.45) is 0 Å². The Balaban J connectivity index is 2.17. The molecule has 0 spiro atoms. The van der Waals surface area contributed by atoms with Crippen LogP contribution in [0, 0.1) is 0 Å². The monoisotopic (exact) mass is 335 g/mol. The summed E-state index contributed by atoms with van der Waals surface area (Å²) in [7, 11) is 1.93. The molecule has 20 heavy (non-hydrogen) atoms. The van der Waals surface area contributed by atoms with Crippen molar-refractivity contribution in [1.82, 2.24) is 0 Å². The number of rotatable bonds is 4. The number of carboxylic acid groups (broad SMARTS) is 1. The van der Waals surface area contributed by atoms with Gasteiger partial charge in [0.1, 0.15) is 5.75 Å². The first-order chi connectivity index (χ1) is 9.47. The summed E-state index contributed by atoms with van der Waals surface area (Å²) < 4.78 is 0.767. The molecule has 0 radical (unpaired) electrons. The van der Waals surface area contributed by atoms with Crippen molar-refractivity contribution >= 4 is 27.6 Å². The number of phenolic OH excluding ortho intramolecular Hbond substituents is 1. The molecule has 0 aliphatic heterocycles. The van der Waals surface area contributed by atoms with E-state index in [4.69, 9.17) is 5.11 Å². The molecule has 5 heteroatoms. The first-order valence-electron chi connectivity index (χ1n) is 5.99. The summed E-state index contributed by atoms with van der Waals surface area (Å²) in [4.78, 5) is 12.9. The molecule has 4 nitrogen and oxygen atoms in total. The lowest BCUT2D eigenvalue weighted by atomic mass is 10.1. The zero-order valence-corrected chi connectivity index (χ0v) is 12.5. The molecule has 2 aromatic carbocycles. The topological polar surface area (TPSA) is 60.8 Å². The van der Waals surface area contributed by atoms with Crippen molar-refractivity contribution in [2.45, 2.75) is 6.54 Å². The van der Waals surface area contributed by atoms with E-state index >= 15 is 0 Å². The Hall–Kier alpha value is -2.01. The molecule has 0 atom stereocenters. The van der Waals surface area contributed by atoms with E-state index in [9.17, 15) is 9.90 Å². The number of carbonyl (C=O) groups is 1. The Labute approximate surface area is 125 Å². The van der Waals surface area contributed by atoms with Crippen LogP contribution in [-0.4, -0.2) is 23.2 Å². The summed E-state index contributed by atoms with van der Waals surface area (Å²) in [5.41, 5.74) is 2.22. The average Bonchev–Trinajstić information content (AvgIpc) is 2.41. The minimum absolute atomic E-state index is 0.231. The van der Waals surface area contributed by atoms with Crippen molar-refractivity contribution in [3.05, 3.63) is 58.1 Å². The minimum atomic E-state index is -0.941. The summed E-state index contributed by atoms with van der Waals surface area (Å²) in [5, 5.41) is 18.2. The smallest absolute Gasteiger partial charge is 0.335 e. The molecule has 0 aromatic heterocycles. The standard InChI is InChI=1S/C15H14BrNO3/c1-17(12-4-6-13(18)7-5-12)9-11-3-2-10(15(19)20)8-14(11)16/h2-8,18H,9H2,1H3,(H,19,20). The van der Waals surface area contributed by atoms with Gasteiger partial charge in [-0.3, -0.25) is 0 Å². The quantitative estimate of drug-likeness (QED) is 0.897. The Morgan fingerprint density at radius 3 is 2.40 bits per heavy atom. The largest absolute Gasteiger partial charge is 0.508 e. The highest BCUT2D eigenvalue weighted by molar-refractivity contribution is 9.10. The van der Waals surface area contributed by atoms with Gasteiger partial charge in [0.05, 0.1) is 5.56 Å². The van der Waals surface area contributed by atoms with Crippen LogP contribution < -0.4 is 4.90 Å². The van der Waals surface area contributed by atoms with Crippen LogP contribution in [0.25, 0.3) is 0 Å². The van der Waals surface area contributed by atoms with Crippen LogP contribution in [0.1, 0.15) is 15.9 Å². The third-order valence-corrected chi connectivity index (χ3v) is 3.74. The van der Waals surface area contributed by atoms with E-state index in [1.54, 1.807) is 30.3 Å². The van der Waals surface area contributed by atoms with E-state index in [1.807, 2.05) is 24.1 Å². The fourth-order valence-corrected chi connectivity index (χ4v) is 2.37. The predicted octanol–water partition coefficient (Wildman–Crippen LogP) is 3.49. The number of carboxylic acids is 1. The zero-order chi connectivity index (χ0) is 14.7. The molecule has 2 N–H and O–H groups in total. The van der Waals surface area contributed by atoms with E-state index < -0.39 is 5.97 Å². The number of hydrogen-bond acceptors (Lipinski definition) is 3. The maximum atomic E-state index is 10.9. The zero-order valence-electron chi connectivity index (χ0n) is 10.9. The van der Waals surface area contributed by atoms with Crippen molar-refractivity contribution in [2.75, 3.05) is 11.9 Å². The maximum Gasteiger partial charge on any atom is 0.335 e. The van der Waals surface area contributed by atoms with Gasteiger partial charge in [-0.05, 0) is 42.0 Å². The summed E-state index contributed by atoms with van der Waals surface area (Å²) >= 11 is 3.40. The normalized spacial score (nSPS) is 10.3. The second kappa shape index (κ2) is 5.96. The van der Waals surface area contributed by atoms with Crippen molar-refractivity contribution < 1.29 is 15.0 Å². The molecule has 0 aliphatic rings. The molecule has 0 fully saturated rings. The molecule has 0 saturated carbocycles. The first-order valence-corrected chi connectivity index (χ1v) is 6.78. The van der Waals surface area contributed by atoms with Gasteiger partial charge in [0.25, 0.3) is 0 Å². The molecule has 0 unspecified atom stereocenters. The van der Waals surface area contributed by atoms with Gasteiger partial charge >= 0.3 is 5.97 Å². The van der Waals surface area contributed by atoms with E-state index in [2.05, 4.69) is 15.9 Å². The highest BCUT2D eigenvalue weighted by atomic mass is 79.9. The molecule has 0 heterocycles. The number of halogens is 1. The van der Waals surface area contributed by atoms with Gasteiger partial charge in [0.15, 0.2) is 0 Å². The molecule has 2 aromatic rings. The molecule has 0 amide bonds. The Bertz CT molecular complexity index is 626. The second-order valence-corrected chi connectivity index (χ2v) is 5.34. The van der Waals surface area contributed by atoms with Crippen LogP contribution in [0.15, 0.2) is 46.9 Å². The molecule has 0 aliphatic carbocycles. The van der Waals surface area contributed by atoms with Crippen LogP contribution in [0.3, 0.4) is 0 Å². The average molecular weight is 336 g/mol. The molecule has 104 valence electrons.